The molecule has 0 spiro atoms. The van der Waals surface area contributed by atoms with Crippen molar-refractivity contribution in [2.75, 3.05) is 0 Å². The predicted octanol–water partition coefficient (Wildman–Crippen LogP) is 1.49. The van der Waals surface area contributed by atoms with E-state index in [-0.39, 0.29) is 36.8 Å². The molecule has 0 bridgehead atoms. The Bertz CT molecular complexity index is 727. The molecular formula is C18H23F2N3O4. The summed E-state index contributed by atoms with van der Waals surface area (Å²) in [7, 11) is 0. The Morgan fingerprint density at radius 3 is 2.67 bits per heavy atom. The van der Waals surface area contributed by atoms with Gasteiger partial charge in [-0.15, -0.1) is 0 Å². The van der Waals surface area contributed by atoms with E-state index in [9.17, 15) is 23.2 Å². The molecule has 0 aliphatic carbocycles. The lowest BCUT2D eigenvalue weighted by molar-refractivity contribution is -0.136. The van der Waals surface area contributed by atoms with Crippen molar-refractivity contribution in [2.45, 2.75) is 51.7 Å². The highest BCUT2D eigenvalue weighted by molar-refractivity contribution is 5.88. The summed E-state index contributed by atoms with van der Waals surface area (Å²) in [6, 6.07) is 2.34. The molecule has 27 heavy (non-hydrogen) atoms. The van der Waals surface area contributed by atoms with E-state index < -0.39 is 35.5 Å². The molecule has 1 aliphatic heterocycles. The van der Waals surface area contributed by atoms with Crippen LogP contribution in [0.1, 0.15) is 38.7 Å². The minimum atomic E-state index is -1.01. The molecule has 9 heteroatoms. The number of hydrogen-bond donors (Lipinski definition) is 3. The number of nitrogens with one attached hydrogen (secondary N) is 2. The molecule has 1 aliphatic rings. The summed E-state index contributed by atoms with van der Waals surface area (Å²) in [6.45, 7) is 3.28. The summed E-state index contributed by atoms with van der Waals surface area (Å²) >= 11 is 0. The van der Waals surface area contributed by atoms with Gasteiger partial charge in [-0.25, -0.2) is 14.3 Å². The van der Waals surface area contributed by atoms with E-state index in [4.69, 9.17) is 5.21 Å². The lowest BCUT2D eigenvalue weighted by Crippen LogP contribution is -2.50. The molecule has 0 aromatic heterocycles. The summed E-state index contributed by atoms with van der Waals surface area (Å²) in [5, 5.41) is 11.3. The molecule has 3 N–H and O–H groups in total. The van der Waals surface area contributed by atoms with Crippen LogP contribution in [0.4, 0.5) is 8.78 Å². The molecule has 0 unspecified atom stereocenters. The van der Waals surface area contributed by atoms with E-state index in [1.165, 1.54) is 22.5 Å². The molecule has 148 valence electrons. The van der Waals surface area contributed by atoms with Gasteiger partial charge in [-0.3, -0.25) is 19.6 Å². The largest absolute Gasteiger partial charge is 0.344 e. The van der Waals surface area contributed by atoms with E-state index in [0.717, 1.165) is 6.07 Å². The van der Waals surface area contributed by atoms with Crippen molar-refractivity contribution in [3.8, 4) is 0 Å². The van der Waals surface area contributed by atoms with Crippen LogP contribution < -0.4 is 10.8 Å². The number of carbonyl (C=O) groups excluding carboxylic acids is 3. The van der Waals surface area contributed by atoms with E-state index in [1.54, 1.807) is 13.8 Å². The number of hydrogen-bond acceptors (Lipinski definition) is 4. The van der Waals surface area contributed by atoms with Crippen LogP contribution in [0.15, 0.2) is 18.2 Å². The van der Waals surface area contributed by atoms with Gasteiger partial charge in [0.15, 0.2) is 11.6 Å². The van der Waals surface area contributed by atoms with Gasteiger partial charge in [-0.05, 0) is 18.4 Å². The van der Waals surface area contributed by atoms with Crippen molar-refractivity contribution in [3.05, 3.63) is 35.4 Å². The molecule has 1 aromatic rings. The summed E-state index contributed by atoms with van der Waals surface area (Å²) < 4.78 is 27.3. The van der Waals surface area contributed by atoms with E-state index in [1.807, 2.05) is 0 Å². The fourth-order valence-corrected chi connectivity index (χ4v) is 3.13. The van der Waals surface area contributed by atoms with Gasteiger partial charge in [-0.1, -0.05) is 26.0 Å². The number of amides is 3. The highest BCUT2D eigenvalue weighted by Gasteiger charge is 2.34. The third-order valence-corrected chi connectivity index (χ3v) is 4.62. The van der Waals surface area contributed by atoms with Crippen molar-refractivity contribution < 1.29 is 28.4 Å². The maximum atomic E-state index is 13.9. The number of benzene rings is 1. The first-order valence-electron chi connectivity index (χ1n) is 8.70. The normalized spacial score (nSPS) is 17.9. The Morgan fingerprint density at radius 1 is 1.33 bits per heavy atom. The topological polar surface area (TPSA) is 98.7 Å². The van der Waals surface area contributed by atoms with Crippen molar-refractivity contribution in [2.24, 2.45) is 5.92 Å². The number of carbonyl (C=O) groups is 3. The second kappa shape index (κ2) is 8.90. The van der Waals surface area contributed by atoms with Crippen LogP contribution in [0.25, 0.3) is 0 Å². The van der Waals surface area contributed by atoms with E-state index in [2.05, 4.69) is 5.32 Å². The molecule has 7 nitrogen and oxygen atoms in total. The van der Waals surface area contributed by atoms with Gasteiger partial charge in [0.1, 0.15) is 6.04 Å². The van der Waals surface area contributed by atoms with Gasteiger partial charge in [0.25, 0.3) is 5.91 Å². The standard InChI is InChI=1S/C18H23F2N3O4/c1-10(2)17(18(26)22-27)21-14(24)8-12-6-7-15(25)23(12)9-11-4-3-5-13(19)16(11)20/h3-5,10,12,17,27H,6-9H2,1-2H3,(H,21,24)(H,22,26)/t12-,17-/m0/s1. The molecule has 2 atom stereocenters. The van der Waals surface area contributed by atoms with Gasteiger partial charge in [0, 0.05) is 31.0 Å². The van der Waals surface area contributed by atoms with Gasteiger partial charge in [-0.2, -0.15) is 0 Å². The van der Waals surface area contributed by atoms with Crippen LogP contribution >= 0.6 is 0 Å². The van der Waals surface area contributed by atoms with Crippen molar-refractivity contribution in [1.29, 1.82) is 0 Å². The molecule has 1 fully saturated rings. The molecule has 0 radical (unpaired) electrons. The summed E-state index contributed by atoms with van der Waals surface area (Å²) in [6.07, 6.45) is 0.534. The number of likely N-dealkylation sites (tertiary alicyclic amines) is 1. The van der Waals surface area contributed by atoms with Crippen LogP contribution in [-0.2, 0) is 20.9 Å². The van der Waals surface area contributed by atoms with Crippen molar-refractivity contribution in [3.63, 3.8) is 0 Å². The quantitative estimate of drug-likeness (QED) is 0.491. The van der Waals surface area contributed by atoms with Gasteiger partial charge < -0.3 is 10.2 Å². The predicted molar refractivity (Wildman–Crippen MR) is 91.2 cm³/mol. The molecule has 2 rings (SSSR count). The molecule has 1 saturated heterocycles. The number of hydroxylamine groups is 1. The second-order valence-electron chi connectivity index (χ2n) is 6.90. The second-order valence-corrected chi connectivity index (χ2v) is 6.90. The minimum absolute atomic E-state index is 0.0374. The Morgan fingerprint density at radius 2 is 2.04 bits per heavy atom. The maximum Gasteiger partial charge on any atom is 0.266 e. The third-order valence-electron chi connectivity index (χ3n) is 4.62. The average molecular weight is 383 g/mol. The van der Waals surface area contributed by atoms with Crippen LogP contribution in [0.2, 0.25) is 0 Å². The zero-order valence-electron chi connectivity index (χ0n) is 15.2. The smallest absolute Gasteiger partial charge is 0.266 e. The van der Waals surface area contributed by atoms with Crippen molar-refractivity contribution in [1.82, 2.24) is 15.7 Å². The van der Waals surface area contributed by atoms with Gasteiger partial charge in [0.05, 0.1) is 0 Å². The van der Waals surface area contributed by atoms with Crippen LogP contribution in [-0.4, -0.2) is 39.9 Å². The monoisotopic (exact) mass is 383 g/mol. The van der Waals surface area contributed by atoms with Crippen LogP contribution in [0.5, 0.6) is 0 Å². The first-order chi connectivity index (χ1) is 12.7. The van der Waals surface area contributed by atoms with E-state index in [0.29, 0.717) is 6.42 Å². The fourth-order valence-electron chi connectivity index (χ4n) is 3.13. The average Bonchev–Trinajstić information content (AvgIpc) is 2.95. The first-order valence-corrected chi connectivity index (χ1v) is 8.70. The third kappa shape index (κ3) is 5.00. The van der Waals surface area contributed by atoms with Crippen LogP contribution in [0, 0.1) is 17.6 Å². The van der Waals surface area contributed by atoms with Crippen molar-refractivity contribution >= 4 is 17.7 Å². The summed E-state index contributed by atoms with van der Waals surface area (Å²) in [5.74, 6) is -3.72. The summed E-state index contributed by atoms with van der Waals surface area (Å²) in [5.41, 5.74) is 1.55. The lowest BCUT2D eigenvalue weighted by atomic mass is 10.0. The maximum absolute atomic E-state index is 13.9. The molecule has 3 amide bonds. The fraction of sp³-hybridized carbons (Fsp3) is 0.500. The Balaban J connectivity index is 2.06. The summed E-state index contributed by atoms with van der Waals surface area (Å²) in [4.78, 5) is 37.4. The zero-order valence-corrected chi connectivity index (χ0v) is 15.2. The Kier molecular flexibility index (Phi) is 6.84. The molecule has 0 saturated carbocycles. The van der Waals surface area contributed by atoms with Gasteiger partial charge >= 0.3 is 0 Å². The highest BCUT2D eigenvalue weighted by atomic mass is 19.2. The number of halogens is 2. The Hall–Kier alpha value is -2.55. The SMILES string of the molecule is CC(C)[C@H](NC(=O)C[C@@H]1CCC(=O)N1Cc1cccc(F)c1F)C(=O)NO. The molecule has 1 aromatic carbocycles. The lowest BCUT2D eigenvalue weighted by Gasteiger charge is -2.26. The van der Waals surface area contributed by atoms with Gasteiger partial charge in [0.2, 0.25) is 11.8 Å². The first kappa shape index (κ1) is 20.8. The Labute approximate surface area is 155 Å². The van der Waals surface area contributed by atoms with Crippen LogP contribution in [0.3, 0.4) is 0 Å². The van der Waals surface area contributed by atoms with E-state index >= 15 is 0 Å². The number of rotatable bonds is 7. The zero-order chi connectivity index (χ0) is 20.1. The highest BCUT2D eigenvalue weighted by Crippen LogP contribution is 2.25. The molecular weight excluding hydrogens is 360 g/mol. The molecule has 1 heterocycles. The number of nitrogens with zero attached hydrogens (tertiary/aromatic N) is 1. The minimum Gasteiger partial charge on any atom is -0.344 e.